The molecular weight excluding hydrogens is 318 g/mol. The summed E-state index contributed by atoms with van der Waals surface area (Å²) in [6.07, 6.45) is 0.0301. The zero-order valence-corrected chi connectivity index (χ0v) is 14.5. The van der Waals surface area contributed by atoms with Crippen LogP contribution in [0, 0.1) is 6.92 Å². The van der Waals surface area contributed by atoms with Crippen molar-refractivity contribution >= 4 is 34.1 Å². The average molecular weight is 337 g/mol. The molecule has 0 aliphatic rings. The first-order chi connectivity index (χ1) is 10.6. The first-order valence-corrected chi connectivity index (χ1v) is 8.93. The summed E-state index contributed by atoms with van der Waals surface area (Å²) in [6, 6.07) is 7.66. The highest BCUT2D eigenvalue weighted by Crippen LogP contribution is 2.25. The van der Waals surface area contributed by atoms with E-state index in [1.807, 2.05) is 45.0 Å². The lowest BCUT2D eigenvalue weighted by Gasteiger charge is -2.17. The second-order valence-electron chi connectivity index (χ2n) is 4.58. The van der Waals surface area contributed by atoms with Gasteiger partial charge in [0.1, 0.15) is 5.75 Å². The maximum absolute atomic E-state index is 12.3. The first-order valence-electron chi connectivity index (χ1n) is 7.13. The molecule has 2 aromatic rings. The van der Waals surface area contributed by atoms with Gasteiger partial charge in [-0.3, -0.25) is 10.1 Å². The van der Waals surface area contributed by atoms with Gasteiger partial charge in [-0.15, -0.1) is 10.2 Å². The Morgan fingerprint density at radius 2 is 2.14 bits per heavy atom. The van der Waals surface area contributed by atoms with E-state index in [0.717, 1.165) is 21.4 Å². The second kappa shape index (κ2) is 8.14. The topological polar surface area (TPSA) is 64.1 Å². The number of hydrogen-bond donors (Lipinski definition) is 1. The molecule has 0 saturated heterocycles. The molecule has 0 radical (unpaired) electrons. The summed E-state index contributed by atoms with van der Waals surface area (Å²) in [6.45, 7) is 5.92. The lowest BCUT2D eigenvalue weighted by molar-refractivity contribution is -0.122. The van der Waals surface area contributed by atoms with Crippen LogP contribution in [0.4, 0.5) is 5.13 Å². The number of aryl methyl sites for hydroxylation is 1. The van der Waals surface area contributed by atoms with Gasteiger partial charge in [0.2, 0.25) is 5.13 Å². The van der Waals surface area contributed by atoms with E-state index < -0.39 is 6.10 Å². The number of nitrogens with one attached hydrogen (secondary N) is 1. The number of nitrogens with zero attached hydrogens (tertiary/aromatic N) is 2. The molecule has 22 heavy (non-hydrogen) atoms. The second-order valence-corrected chi connectivity index (χ2v) is 7.06. The van der Waals surface area contributed by atoms with Crippen LogP contribution in [0.2, 0.25) is 0 Å². The van der Waals surface area contributed by atoms with Gasteiger partial charge in [-0.05, 0) is 30.7 Å². The fourth-order valence-electron chi connectivity index (χ4n) is 1.79. The van der Waals surface area contributed by atoms with Gasteiger partial charge in [0.25, 0.3) is 5.91 Å². The highest BCUT2D eigenvalue weighted by atomic mass is 32.2. The monoisotopic (exact) mass is 337 g/mol. The molecule has 7 heteroatoms. The highest BCUT2D eigenvalue weighted by molar-refractivity contribution is 8.01. The van der Waals surface area contributed by atoms with Crippen molar-refractivity contribution in [3.63, 3.8) is 0 Å². The van der Waals surface area contributed by atoms with E-state index in [1.54, 1.807) is 11.8 Å². The summed E-state index contributed by atoms with van der Waals surface area (Å²) in [5.41, 5.74) is 1.01. The van der Waals surface area contributed by atoms with Crippen LogP contribution in [-0.2, 0) is 4.79 Å². The van der Waals surface area contributed by atoms with Crippen molar-refractivity contribution in [2.45, 2.75) is 37.6 Å². The summed E-state index contributed by atoms with van der Waals surface area (Å²) < 4.78 is 6.67. The molecule has 1 aromatic heterocycles. The number of carbonyl (C=O) groups is 1. The number of ether oxygens (including phenoxy) is 1. The number of para-hydroxylation sites is 1. The van der Waals surface area contributed by atoms with Crippen LogP contribution in [0.25, 0.3) is 0 Å². The molecule has 0 bridgehead atoms. The number of anilines is 1. The predicted octanol–water partition coefficient (Wildman–Crippen LogP) is 3.75. The van der Waals surface area contributed by atoms with E-state index in [0.29, 0.717) is 11.6 Å². The summed E-state index contributed by atoms with van der Waals surface area (Å²) in [5, 5.41) is 11.3. The van der Waals surface area contributed by atoms with Gasteiger partial charge < -0.3 is 4.74 Å². The molecule has 1 N–H and O–H groups in total. The quantitative estimate of drug-likeness (QED) is 0.616. The number of rotatable bonds is 7. The average Bonchev–Trinajstić information content (AvgIpc) is 2.94. The molecule has 0 aliphatic heterocycles. The fraction of sp³-hybridized carbons (Fsp3) is 0.400. The van der Waals surface area contributed by atoms with Crippen molar-refractivity contribution < 1.29 is 9.53 Å². The molecule has 1 heterocycles. The minimum atomic E-state index is -0.549. The summed E-state index contributed by atoms with van der Waals surface area (Å²) in [5.74, 6) is 1.45. The van der Waals surface area contributed by atoms with Crippen LogP contribution < -0.4 is 10.1 Å². The third-order valence-electron chi connectivity index (χ3n) is 2.93. The van der Waals surface area contributed by atoms with Gasteiger partial charge in [0.05, 0.1) is 0 Å². The molecule has 0 aliphatic carbocycles. The highest BCUT2D eigenvalue weighted by Gasteiger charge is 2.20. The fourth-order valence-corrected chi connectivity index (χ4v) is 3.44. The lowest BCUT2D eigenvalue weighted by atomic mass is 10.2. The number of hydrogen-bond acceptors (Lipinski definition) is 6. The normalized spacial score (nSPS) is 12.0. The van der Waals surface area contributed by atoms with Gasteiger partial charge in [0, 0.05) is 0 Å². The van der Waals surface area contributed by atoms with Crippen molar-refractivity contribution in [1.82, 2.24) is 10.2 Å². The standard InChI is InChI=1S/C15H19N3O2S2/c1-4-11(20-12-9-7-6-8-10(12)3)13(19)16-14-17-18-15(22-14)21-5-2/h6-9,11H,4-5H2,1-3H3,(H,16,17,19). The van der Waals surface area contributed by atoms with Crippen LogP contribution >= 0.6 is 23.1 Å². The van der Waals surface area contributed by atoms with Crippen molar-refractivity contribution in [3.05, 3.63) is 29.8 Å². The summed E-state index contributed by atoms with van der Waals surface area (Å²) >= 11 is 2.98. The van der Waals surface area contributed by atoms with Crippen LogP contribution in [0.15, 0.2) is 28.6 Å². The van der Waals surface area contributed by atoms with Crippen molar-refractivity contribution in [2.75, 3.05) is 11.1 Å². The van der Waals surface area contributed by atoms with E-state index in [2.05, 4.69) is 15.5 Å². The molecule has 2 rings (SSSR count). The van der Waals surface area contributed by atoms with Gasteiger partial charge in [0.15, 0.2) is 10.4 Å². The molecule has 0 fully saturated rings. The Morgan fingerprint density at radius 1 is 1.36 bits per heavy atom. The lowest BCUT2D eigenvalue weighted by Crippen LogP contribution is -2.32. The molecule has 1 atom stereocenters. The van der Waals surface area contributed by atoms with Crippen molar-refractivity contribution in [3.8, 4) is 5.75 Å². The van der Waals surface area contributed by atoms with E-state index >= 15 is 0 Å². The maximum Gasteiger partial charge on any atom is 0.267 e. The van der Waals surface area contributed by atoms with Crippen LogP contribution in [0.3, 0.4) is 0 Å². The number of amides is 1. The molecule has 5 nitrogen and oxygen atoms in total. The zero-order valence-electron chi connectivity index (χ0n) is 12.8. The van der Waals surface area contributed by atoms with E-state index in [-0.39, 0.29) is 5.91 Å². The van der Waals surface area contributed by atoms with E-state index in [4.69, 9.17) is 4.74 Å². The Kier molecular flexibility index (Phi) is 6.21. The van der Waals surface area contributed by atoms with Crippen LogP contribution in [0.5, 0.6) is 5.75 Å². The summed E-state index contributed by atoms with van der Waals surface area (Å²) in [4.78, 5) is 12.3. The zero-order chi connectivity index (χ0) is 15.9. The summed E-state index contributed by atoms with van der Waals surface area (Å²) in [7, 11) is 0. The third-order valence-corrected chi connectivity index (χ3v) is 4.78. The van der Waals surface area contributed by atoms with Gasteiger partial charge in [-0.2, -0.15) is 0 Å². The van der Waals surface area contributed by atoms with Gasteiger partial charge in [-0.1, -0.05) is 55.1 Å². The van der Waals surface area contributed by atoms with Gasteiger partial charge >= 0.3 is 0 Å². The van der Waals surface area contributed by atoms with E-state index in [9.17, 15) is 4.79 Å². The Morgan fingerprint density at radius 3 is 2.82 bits per heavy atom. The first kappa shape index (κ1) is 16.8. The Hall–Kier alpha value is -1.60. The minimum Gasteiger partial charge on any atom is -0.480 e. The Bertz CT molecular complexity index is 631. The molecular formula is C15H19N3O2S2. The number of benzene rings is 1. The minimum absolute atomic E-state index is 0.199. The van der Waals surface area contributed by atoms with E-state index in [1.165, 1.54) is 11.3 Å². The van der Waals surface area contributed by atoms with Crippen LogP contribution in [-0.4, -0.2) is 28.0 Å². The number of carbonyl (C=O) groups excluding carboxylic acids is 1. The molecule has 118 valence electrons. The van der Waals surface area contributed by atoms with Gasteiger partial charge in [-0.25, -0.2) is 0 Å². The number of thioether (sulfide) groups is 1. The molecule has 1 unspecified atom stereocenters. The molecule has 1 aromatic carbocycles. The Labute approximate surface area is 138 Å². The molecule has 0 spiro atoms. The third kappa shape index (κ3) is 4.45. The smallest absolute Gasteiger partial charge is 0.267 e. The number of aromatic nitrogens is 2. The largest absolute Gasteiger partial charge is 0.480 e. The maximum atomic E-state index is 12.3. The SMILES string of the molecule is CCSc1nnc(NC(=O)C(CC)Oc2ccccc2C)s1. The van der Waals surface area contributed by atoms with Crippen molar-refractivity contribution in [2.24, 2.45) is 0 Å². The Balaban J connectivity index is 2.00. The van der Waals surface area contributed by atoms with Crippen molar-refractivity contribution in [1.29, 1.82) is 0 Å². The molecule has 1 amide bonds. The molecule has 0 saturated carbocycles. The predicted molar refractivity (Wildman–Crippen MR) is 90.8 cm³/mol. The van der Waals surface area contributed by atoms with Crippen LogP contribution in [0.1, 0.15) is 25.8 Å².